The Kier molecular flexibility index (Phi) is 6.78. The number of nitrogens with one attached hydrogen (secondary N) is 1. The Morgan fingerprint density at radius 1 is 1.08 bits per heavy atom. The molecular weight excluding hydrogens is 308 g/mol. The lowest BCUT2D eigenvalue weighted by atomic mass is 10.1. The van der Waals surface area contributed by atoms with E-state index in [1.165, 1.54) is 25.0 Å². The number of hydrogen-bond donors (Lipinski definition) is 2. The van der Waals surface area contributed by atoms with Gasteiger partial charge in [-0.2, -0.15) is 0 Å². The van der Waals surface area contributed by atoms with Crippen LogP contribution < -0.4 is 5.32 Å². The average Bonchev–Trinajstić information content (AvgIpc) is 2.84. The summed E-state index contributed by atoms with van der Waals surface area (Å²) in [6, 6.07) is 6.32. The quantitative estimate of drug-likeness (QED) is 0.832. The Bertz CT molecular complexity index is 592. The van der Waals surface area contributed by atoms with E-state index in [0.29, 0.717) is 18.5 Å². The third-order valence-corrected chi connectivity index (χ3v) is 4.16. The van der Waals surface area contributed by atoms with Crippen molar-refractivity contribution >= 4 is 17.8 Å². The van der Waals surface area contributed by atoms with E-state index in [4.69, 9.17) is 5.11 Å². The van der Waals surface area contributed by atoms with Crippen LogP contribution in [0.5, 0.6) is 0 Å². The van der Waals surface area contributed by atoms with Crippen molar-refractivity contribution in [2.24, 2.45) is 0 Å². The van der Waals surface area contributed by atoms with Gasteiger partial charge < -0.3 is 15.3 Å². The molecule has 1 aromatic rings. The molecule has 1 aliphatic heterocycles. The van der Waals surface area contributed by atoms with Crippen LogP contribution in [0.25, 0.3) is 0 Å². The summed E-state index contributed by atoms with van der Waals surface area (Å²) in [5.41, 5.74) is 0.808. The highest BCUT2D eigenvalue weighted by Crippen LogP contribution is 2.10. The van der Waals surface area contributed by atoms with Crippen LogP contribution in [0.15, 0.2) is 24.3 Å². The molecule has 2 rings (SSSR count). The van der Waals surface area contributed by atoms with Crippen LogP contribution in [-0.2, 0) is 16.0 Å². The van der Waals surface area contributed by atoms with Crippen molar-refractivity contribution in [3.8, 4) is 0 Å². The Balaban J connectivity index is 1.74. The van der Waals surface area contributed by atoms with E-state index in [2.05, 4.69) is 5.32 Å². The Morgan fingerprint density at radius 3 is 2.46 bits per heavy atom. The molecule has 0 aromatic heterocycles. The zero-order valence-electron chi connectivity index (χ0n) is 13.8. The number of hydrogen-bond acceptors (Lipinski definition) is 3. The summed E-state index contributed by atoms with van der Waals surface area (Å²) in [6.45, 7) is 1.94. The van der Waals surface area contributed by atoms with Crippen LogP contribution in [0.4, 0.5) is 0 Å². The molecule has 1 heterocycles. The fourth-order valence-electron chi connectivity index (χ4n) is 2.85. The molecule has 2 N–H and O–H groups in total. The van der Waals surface area contributed by atoms with Gasteiger partial charge >= 0.3 is 5.97 Å². The zero-order valence-corrected chi connectivity index (χ0v) is 13.8. The van der Waals surface area contributed by atoms with Gasteiger partial charge in [-0.05, 0) is 30.5 Å². The Labute approximate surface area is 141 Å². The largest absolute Gasteiger partial charge is 0.478 e. The number of likely N-dealkylation sites (tertiary alicyclic amines) is 1. The molecule has 0 spiro atoms. The standard InChI is InChI=1S/C18H24N2O4/c21-16(13-14-6-5-7-15(12-14)18(23)24)19-9-8-17(22)20-10-3-1-2-4-11-20/h5-7,12H,1-4,8-11,13H2,(H,19,21)(H,23,24). The fraction of sp³-hybridized carbons (Fsp3) is 0.500. The number of carbonyl (C=O) groups is 3. The monoisotopic (exact) mass is 332 g/mol. The van der Waals surface area contributed by atoms with E-state index < -0.39 is 5.97 Å². The minimum Gasteiger partial charge on any atom is -0.478 e. The number of aromatic carboxylic acids is 1. The molecular formula is C18H24N2O4. The molecule has 0 atom stereocenters. The summed E-state index contributed by atoms with van der Waals surface area (Å²) in [4.78, 5) is 36.8. The minimum absolute atomic E-state index is 0.0880. The maximum Gasteiger partial charge on any atom is 0.335 e. The second kappa shape index (κ2) is 9.05. The van der Waals surface area contributed by atoms with Crippen molar-refractivity contribution in [3.05, 3.63) is 35.4 Å². The number of carboxylic acid groups (broad SMARTS) is 1. The summed E-state index contributed by atoms with van der Waals surface area (Å²) in [7, 11) is 0. The van der Waals surface area contributed by atoms with Crippen LogP contribution in [0.1, 0.15) is 48.0 Å². The molecule has 0 saturated carbocycles. The van der Waals surface area contributed by atoms with Crippen molar-refractivity contribution < 1.29 is 19.5 Å². The fourth-order valence-corrected chi connectivity index (χ4v) is 2.85. The molecule has 1 fully saturated rings. The number of rotatable bonds is 6. The number of benzene rings is 1. The maximum absolute atomic E-state index is 12.1. The summed E-state index contributed by atoms with van der Waals surface area (Å²) in [6.07, 6.45) is 4.88. The van der Waals surface area contributed by atoms with Gasteiger partial charge in [0.25, 0.3) is 0 Å². The first-order valence-corrected chi connectivity index (χ1v) is 8.43. The third kappa shape index (κ3) is 5.68. The van der Waals surface area contributed by atoms with Crippen molar-refractivity contribution in [2.45, 2.75) is 38.5 Å². The highest BCUT2D eigenvalue weighted by Gasteiger charge is 2.15. The van der Waals surface area contributed by atoms with E-state index in [-0.39, 0.29) is 23.8 Å². The molecule has 0 unspecified atom stereocenters. The molecule has 24 heavy (non-hydrogen) atoms. The van der Waals surface area contributed by atoms with Crippen molar-refractivity contribution in [1.29, 1.82) is 0 Å². The number of nitrogens with zero attached hydrogens (tertiary/aromatic N) is 1. The van der Waals surface area contributed by atoms with Gasteiger partial charge in [0.15, 0.2) is 0 Å². The van der Waals surface area contributed by atoms with Gasteiger partial charge in [0.1, 0.15) is 0 Å². The highest BCUT2D eigenvalue weighted by molar-refractivity contribution is 5.88. The first-order valence-electron chi connectivity index (χ1n) is 8.43. The van der Waals surface area contributed by atoms with Gasteiger partial charge in [0.05, 0.1) is 12.0 Å². The van der Waals surface area contributed by atoms with Gasteiger partial charge in [-0.15, -0.1) is 0 Å². The second-order valence-corrected chi connectivity index (χ2v) is 6.08. The third-order valence-electron chi connectivity index (χ3n) is 4.16. The zero-order chi connectivity index (χ0) is 17.4. The Hall–Kier alpha value is -2.37. The average molecular weight is 332 g/mol. The molecule has 0 bridgehead atoms. The summed E-state index contributed by atoms with van der Waals surface area (Å²) < 4.78 is 0. The molecule has 6 nitrogen and oxygen atoms in total. The first kappa shape index (κ1) is 18.0. The van der Waals surface area contributed by atoms with Gasteiger partial charge in [-0.1, -0.05) is 25.0 Å². The van der Waals surface area contributed by atoms with E-state index in [9.17, 15) is 14.4 Å². The maximum atomic E-state index is 12.1. The molecule has 1 aromatic carbocycles. The molecule has 1 aliphatic rings. The lowest BCUT2D eigenvalue weighted by molar-refractivity contribution is -0.131. The number of carbonyl (C=O) groups excluding carboxylic acids is 2. The SMILES string of the molecule is O=C(Cc1cccc(C(=O)O)c1)NCCC(=O)N1CCCCCC1. The normalized spacial score (nSPS) is 14.8. The molecule has 2 amide bonds. The molecule has 130 valence electrons. The Morgan fingerprint density at radius 2 is 1.79 bits per heavy atom. The lowest BCUT2D eigenvalue weighted by Gasteiger charge is -2.20. The van der Waals surface area contributed by atoms with Crippen molar-refractivity contribution in [1.82, 2.24) is 10.2 Å². The number of carboxylic acids is 1. The summed E-state index contributed by atoms with van der Waals surface area (Å²) in [5.74, 6) is -1.13. The summed E-state index contributed by atoms with van der Waals surface area (Å²) in [5, 5.41) is 11.7. The van der Waals surface area contributed by atoms with Gasteiger partial charge in [-0.25, -0.2) is 4.79 Å². The van der Waals surface area contributed by atoms with Crippen LogP contribution in [0.3, 0.4) is 0 Å². The topological polar surface area (TPSA) is 86.7 Å². The minimum atomic E-state index is -1.01. The van der Waals surface area contributed by atoms with E-state index in [0.717, 1.165) is 25.9 Å². The van der Waals surface area contributed by atoms with E-state index in [1.807, 2.05) is 4.90 Å². The van der Waals surface area contributed by atoms with Gasteiger partial charge in [0, 0.05) is 26.1 Å². The second-order valence-electron chi connectivity index (χ2n) is 6.08. The molecule has 6 heteroatoms. The molecule has 0 radical (unpaired) electrons. The molecule has 1 saturated heterocycles. The van der Waals surface area contributed by atoms with Crippen LogP contribution in [-0.4, -0.2) is 47.4 Å². The lowest BCUT2D eigenvalue weighted by Crippen LogP contribution is -2.35. The molecule has 0 aliphatic carbocycles. The van der Waals surface area contributed by atoms with Crippen molar-refractivity contribution in [2.75, 3.05) is 19.6 Å². The first-order chi connectivity index (χ1) is 11.6. The smallest absolute Gasteiger partial charge is 0.335 e. The van der Waals surface area contributed by atoms with Gasteiger partial charge in [-0.3, -0.25) is 9.59 Å². The van der Waals surface area contributed by atoms with Crippen LogP contribution >= 0.6 is 0 Å². The highest BCUT2D eigenvalue weighted by atomic mass is 16.4. The van der Waals surface area contributed by atoms with Gasteiger partial charge in [0.2, 0.25) is 11.8 Å². The number of amides is 2. The van der Waals surface area contributed by atoms with E-state index in [1.54, 1.807) is 12.1 Å². The predicted octanol–water partition coefficient (Wildman–Crippen LogP) is 1.84. The van der Waals surface area contributed by atoms with Crippen molar-refractivity contribution in [3.63, 3.8) is 0 Å². The summed E-state index contributed by atoms with van der Waals surface area (Å²) >= 11 is 0. The van der Waals surface area contributed by atoms with Crippen LogP contribution in [0, 0.1) is 0 Å². The van der Waals surface area contributed by atoms with E-state index >= 15 is 0 Å². The predicted molar refractivity (Wildman–Crippen MR) is 89.8 cm³/mol. The van der Waals surface area contributed by atoms with Crippen LogP contribution in [0.2, 0.25) is 0 Å².